The van der Waals surface area contributed by atoms with Gasteiger partial charge >= 0.3 is 6.03 Å². The summed E-state index contributed by atoms with van der Waals surface area (Å²) in [4.78, 5) is 14.5. The van der Waals surface area contributed by atoms with Crippen LogP contribution in [0.3, 0.4) is 0 Å². The number of urea groups is 1. The molecule has 0 spiro atoms. The molecule has 1 N–H and O–H groups in total. The van der Waals surface area contributed by atoms with E-state index in [1.165, 1.54) is 0 Å². The molecule has 1 aromatic heterocycles. The van der Waals surface area contributed by atoms with Crippen molar-refractivity contribution in [3.63, 3.8) is 0 Å². The molecule has 0 bridgehead atoms. The minimum Gasteiger partial charge on any atom is -0.497 e. The zero-order valence-corrected chi connectivity index (χ0v) is 16.4. The van der Waals surface area contributed by atoms with Crippen LogP contribution in [0.25, 0.3) is 5.69 Å². The molecule has 2 heterocycles. The fourth-order valence-corrected chi connectivity index (χ4v) is 3.61. The van der Waals surface area contributed by atoms with E-state index in [1.54, 1.807) is 11.8 Å². The Kier molecular flexibility index (Phi) is 5.69. The van der Waals surface area contributed by atoms with Crippen molar-refractivity contribution in [2.45, 2.75) is 25.3 Å². The number of para-hydroxylation sites is 1. The van der Waals surface area contributed by atoms with Crippen molar-refractivity contribution in [3.8, 4) is 11.4 Å². The van der Waals surface area contributed by atoms with Gasteiger partial charge in [-0.05, 0) is 53.1 Å². The smallest absolute Gasteiger partial charge is 0.317 e. The van der Waals surface area contributed by atoms with Gasteiger partial charge in [-0.25, -0.2) is 4.79 Å². The topological polar surface area (TPSA) is 85.2 Å². The fourth-order valence-electron chi connectivity index (χ4n) is 3.61. The molecule has 1 fully saturated rings. The van der Waals surface area contributed by atoms with Crippen molar-refractivity contribution in [3.05, 3.63) is 66.0 Å². The number of piperidine rings is 1. The highest BCUT2D eigenvalue weighted by atomic mass is 16.5. The number of amides is 2. The van der Waals surface area contributed by atoms with Crippen LogP contribution in [0.5, 0.6) is 5.75 Å². The lowest BCUT2D eigenvalue weighted by Crippen LogP contribution is -2.45. The quantitative estimate of drug-likeness (QED) is 0.722. The van der Waals surface area contributed by atoms with Crippen LogP contribution in [0.15, 0.2) is 54.6 Å². The Hall–Kier alpha value is -3.42. The summed E-state index contributed by atoms with van der Waals surface area (Å²) in [5, 5.41) is 15.3. The maximum absolute atomic E-state index is 12.7. The third-order valence-electron chi connectivity index (χ3n) is 5.17. The molecule has 29 heavy (non-hydrogen) atoms. The summed E-state index contributed by atoms with van der Waals surface area (Å²) in [5.41, 5.74) is 1.95. The van der Waals surface area contributed by atoms with Gasteiger partial charge < -0.3 is 15.0 Å². The average Bonchev–Trinajstić information content (AvgIpc) is 3.28. The van der Waals surface area contributed by atoms with Gasteiger partial charge in [0.15, 0.2) is 5.82 Å². The number of nitrogens with zero attached hydrogens (tertiary/aromatic N) is 5. The number of aromatic nitrogens is 4. The number of tetrazole rings is 1. The van der Waals surface area contributed by atoms with Gasteiger partial charge in [0.25, 0.3) is 0 Å². The van der Waals surface area contributed by atoms with Gasteiger partial charge in [-0.15, -0.1) is 5.10 Å². The lowest BCUT2D eigenvalue weighted by Gasteiger charge is -2.32. The summed E-state index contributed by atoms with van der Waals surface area (Å²) in [7, 11) is 1.64. The summed E-state index contributed by atoms with van der Waals surface area (Å²) in [6, 6.07) is 17.4. The highest BCUT2D eigenvalue weighted by molar-refractivity contribution is 5.74. The maximum Gasteiger partial charge on any atom is 0.317 e. The Balaban J connectivity index is 1.39. The second-order valence-electron chi connectivity index (χ2n) is 7.08. The molecule has 0 saturated carbocycles. The number of benzene rings is 2. The summed E-state index contributed by atoms with van der Waals surface area (Å²) < 4.78 is 6.93. The molecule has 1 saturated heterocycles. The first-order valence-electron chi connectivity index (χ1n) is 9.74. The Morgan fingerprint density at radius 3 is 2.72 bits per heavy atom. The molecule has 8 nitrogen and oxygen atoms in total. The van der Waals surface area contributed by atoms with Gasteiger partial charge in [0, 0.05) is 25.6 Å². The molecule has 1 aliphatic rings. The minimum absolute atomic E-state index is 0.0655. The Bertz CT molecular complexity index is 941. The van der Waals surface area contributed by atoms with E-state index in [1.807, 2.05) is 59.5 Å². The summed E-state index contributed by atoms with van der Waals surface area (Å²) in [5.74, 6) is 1.70. The van der Waals surface area contributed by atoms with Crippen LogP contribution < -0.4 is 10.1 Å². The van der Waals surface area contributed by atoms with E-state index in [9.17, 15) is 4.79 Å². The number of rotatable bonds is 5. The first-order chi connectivity index (χ1) is 14.2. The number of likely N-dealkylation sites (tertiary alicyclic amines) is 1. The number of nitrogens with one attached hydrogen (secondary N) is 1. The molecule has 4 rings (SSSR count). The lowest BCUT2D eigenvalue weighted by molar-refractivity contribution is 0.177. The van der Waals surface area contributed by atoms with Crippen molar-refractivity contribution in [2.75, 3.05) is 20.2 Å². The molecule has 8 heteroatoms. The average molecular weight is 392 g/mol. The van der Waals surface area contributed by atoms with E-state index in [2.05, 4.69) is 20.8 Å². The standard InChI is InChI=1S/C21H24N6O2/c1-29-19-11-9-16(10-12-19)14-22-21(28)26-13-5-6-17(15-26)20-23-24-25-27(20)18-7-3-2-4-8-18/h2-4,7-12,17H,5-6,13-15H2,1H3,(H,22,28). The molecule has 0 aliphatic carbocycles. The maximum atomic E-state index is 12.7. The lowest BCUT2D eigenvalue weighted by atomic mass is 9.97. The molecule has 2 amide bonds. The third kappa shape index (κ3) is 4.37. The van der Waals surface area contributed by atoms with Crippen LogP contribution in [0.2, 0.25) is 0 Å². The molecule has 1 atom stereocenters. The largest absolute Gasteiger partial charge is 0.497 e. The second kappa shape index (κ2) is 8.72. The number of hydrogen-bond donors (Lipinski definition) is 1. The molecule has 150 valence electrons. The van der Waals surface area contributed by atoms with Gasteiger partial charge in [-0.3, -0.25) is 0 Å². The number of methoxy groups -OCH3 is 1. The number of carbonyl (C=O) groups is 1. The zero-order valence-electron chi connectivity index (χ0n) is 16.4. The Labute approximate surface area is 169 Å². The van der Waals surface area contributed by atoms with Crippen LogP contribution in [-0.2, 0) is 6.54 Å². The van der Waals surface area contributed by atoms with Crippen molar-refractivity contribution in [2.24, 2.45) is 0 Å². The van der Waals surface area contributed by atoms with E-state index in [0.29, 0.717) is 13.1 Å². The second-order valence-corrected chi connectivity index (χ2v) is 7.08. The predicted octanol–water partition coefficient (Wildman–Crippen LogP) is 2.76. The van der Waals surface area contributed by atoms with E-state index >= 15 is 0 Å². The third-order valence-corrected chi connectivity index (χ3v) is 5.17. The highest BCUT2D eigenvalue weighted by Gasteiger charge is 2.28. The molecule has 2 aromatic carbocycles. The molecule has 3 aromatic rings. The van der Waals surface area contributed by atoms with Gasteiger partial charge in [-0.2, -0.15) is 4.68 Å². The molecule has 1 aliphatic heterocycles. The van der Waals surface area contributed by atoms with E-state index in [-0.39, 0.29) is 11.9 Å². The van der Waals surface area contributed by atoms with Crippen LogP contribution in [0, 0.1) is 0 Å². The van der Waals surface area contributed by atoms with Crippen molar-refractivity contribution >= 4 is 6.03 Å². The summed E-state index contributed by atoms with van der Waals surface area (Å²) in [6.45, 7) is 1.81. The molecule has 0 radical (unpaired) electrons. The van der Waals surface area contributed by atoms with Crippen LogP contribution in [0.1, 0.15) is 30.1 Å². The van der Waals surface area contributed by atoms with Crippen molar-refractivity contribution in [1.29, 1.82) is 0 Å². The molecular formula is C21H24N6O2. The molecular weight excluding hydrogens is 368 g/mol. The zero-order chi connectivity index (χ0) is 20.1. The fraction of sp³-hybridized carbons (Fsp3) is 0.333. The van der Waals surface area contributed by atoms with Crippen molar-refractivity contribution < 1.29 is 9.53 Å². The van der Waals surface area contributed by atoms with E-state index in [0.717, 1.165) is 42.2 Å². The van der Waals surface area contributed by atoms with Crippen LogP contribution >= 0.6 is 0 Å². The van der Waals surface area contributed by atoms with Crippen molar-refractivity contribution in [1.82, 2.24) is 30.4 Å². The van der Waals surface area contributed by atoms with Crippen LogP contribution in [0.4, 0.5) is 4.79 Å². The normalized spacial score (nSPS) is 16.4. The highest BCUT2D eigenvalue weighted by Crippen LogP contribution is 2.26. The molecule has 1 unspecified atom stereocenters. The first kappa shape index (κ1) is 18.9. The predicted molar refractivity (Wildman–Crippen MR) is 108 cm³/mol. The van der Waals surface area contributed by atoms with Crippen LogP contribution in [-0.4, -0.2) is 51.3 Å². The number of carbonyl (C=O) groups excluding carboxylic acids is 1. The van der Waals surface area contributed by atoms with Gasteiger partial charge in [0.2, 0.25) is 0 Å². The number of hydrogen-bond acceptors (Lipinski definition) is 5. The van der Waals surface area contributed by atoms with Gasteiger partial charge in [-0.1, -0.05) is 30.3 Å². The van der Waals surface area contributed by atoms with Gasteiger partial charge in [0.1, 0.15) is 5.75 Å². The number of ether oxygens (including phenoxy) is 1. The monoisotopic (exact) mass is 392 g/mol. The van der Waals surface area contributed by atoms with E-state index < -0.39 is 0 Å². The SMILES string of the molecule is COc1ccc(CNC(=O)N2CCCC(c3nnnn3-c3ccccc3)C2)cc1. The summed E-state index contributed by atoms with van der Waals surface area (Å²) >= 11 is 0. The Morgan fingerprint density at radius 1 is 1.17 bits per heavy atom. The first-order valence-corrected chi connectivity index (χ1v) is 9.74. The minimum atomic E-state index is -0.0655. The van der Waals surface area contributed by atoms with Gasteiger partial charge in [0.05, 0.1) is 12.8 Å². The van der Waals surface area contributed by atoms with E-state index in [4.69, 9.17) is 4.74 Å². The summed E-state index contributed by atoms with van der Waals surface area (Å²) in [6.07, 6.45) is 1.87. The Morgan fingerprint density at radius 2 is 1.97 bits per heavy atom.